The van der Waals surface area contributed by atoms with Gasteiger partial charge in [0.25, 0.3) is 5.91 Å². The van der Waals surface area contributed by atoms with Crippen LogP contribution in [-0.4, -0.2) is 39.1 Å². The first-order valence-corrected chi connectivity index (χ1v) is 8.91. The molecular formula is C21H24N4O. The van der Waals surface area contributed by atoms with E-state index in [2.05, 4.69) is 16.3 Å². The monoisotopic (exact) mass is 348 g/mol. The quantitative estimate of drug-likeness (QED) is 0.923. The first-order chi connectivity index (χ1) is 12.6. The van der Waals surface area contributed by atoms with Gasteiger partial charge < -0.3 is 15.1 Å². The van der Waals surface area contributed by atoms with Gasteiger partial charge in [-0.25, -0.2) is 0 Å². The third-order valence-corrected chi connectivity index (χ3v) is 4.82. The third-order valence-electron chi connectivity index (χ3n) is 4.82. The first kappa shape index (κ1) is 17.8. The van der Waals surface area contributed by atoms with Crippen LogP contribution in [0.3, 0.4) is 0 Å². The number of piperidine rings is 1. The Labute approximate surface area is 154 Å². The van der Waals surface area contributed by atoms with Gasteiger partial charge in [-0.1, -0.05) is 18.2 Å². The van der Waals surface area contributed by atoms with Crippen LogP contribution in [0.25, 0.3) is 0 Å². The SMILES string of the molecule is CN(C)c1cccc(C(=O)NC2CCN(c3ccccc3C#N)CC2)c1. The number of nitriles is 1. The Morgan fingerprint density at radius 1 is 1.15 bits per heavy atom. The molecule has 0 radical (unpaired) electrons. The molecule has 3 rings (SSSR count). The summed E-state index contributed by atoms with van der Waals surface area (Å²) in [6.07, 6.45) is 1.75. The van der Waals surface area contributed by atoms with Crippen LogP contribution >= 0.6 is 0 Å². The molecule has 0 bridgehead atoms. The number of benzene rings is 2. The molecule has 1 saturated heterocycles. The molecular weight excluding hydrogens is 324 g/mol. The maximum Gasteiger partial charge on any atom is 0.251 e. The number of nitrogens with zero attached hydrogens (tertiary/aromatic N) is 3. The molecule has 0 aromatic heterocycles. The van der Waals surface area contributed by atoms with Crippen molar-refractivity contribution < 1.29 is 4.79 Å². The molecule has 0 atom stereocenters. The number of anilines is 2. The summed E-state index contributed by atoms with van der Waals surface area (Å²) < 4.78 is 0. The van der Waals surface area contributed by atoms with Crippen molar-refractivity contribution in [3.8, 4) is 6.07 Å². The fourth-order valence-corrected chi connectivity index (χ4v) is 3.30. The minimum atomic E-state index is -0.0235. The van der Waals surface area contributed by atoms with E-state index in [1.165, 1.54) is 0 Å². The van der Waals surface area contributed by atoms with Crippen molar-refractivity contribution >= 4 is 17.3 Å². The summed E-state index contributed by atoms with van der Waals surface area (Å²) in [5.74, 6) is -0.0235. The highest BCUT2D eigenvalue weighted by Gasteiger charge is 2.22. The van der Waals surface area contributed by atoms with Gasteiger partial charge in [0.2, 0.25) is 0 Å². The molecule has 2 aromatic rings. The highest BCUT2D eigenvalue weighted by Crippen LogP contribution is 2.24. The summed E-state index contributed by atoms with van der Waals surface area (Å²) >= 11 is 0. The molecule has 5 heteroatoms. The number of hydrogen-bond donors (Lipinski definition) is 1. The van der Waals surface area contributed by atoms with Gasteiger partial charge in [-0.3, -0.25) is 4.79 Å². The summed E-state index contributed by atoms with van der Waals surface area (Å²) in [4.78, 5) is 16.8. The van der Waals surface area contributed by atoms with E-state index in [1.54, 1.807) is 0 Å². The van der Waals surface area contributed by atoms with Crippen LogP contribution < -0.4 is 15.1 Å². The van der Waals surface area contributed by atoms with Gasteiger partial charge in [-0.15, -0.1) is 0 Å². The second kappa shape index (κ2) is 7.92. The van der Waals surface area contributed by atoms with Gasteiger partial charge in [0.15, 0.2) is 0 Å². The molecule has 134 valence electrons. The van der Waals surface area contributed by atoms with Crippen molar-refractivity contribution in [1.82, 2.24) is 5.32 Å². The number of carbonyl (C=O) groups is 1. The number of amides is 1. The van der Waals surface area contributed by atoms with Crippen LogP contribution in [0.15, 0.2) is 48.5 Å². The summed E-state index contributed by atoms with van der Waals surface area (Å²) in [5, 5.41) is 12.4. The maximum absolute atomic E-state index is 12.6. The highest BCUT2D eigenvalue weighted by atomic mass is 16.1. The third kappa shape index (κ3) is 3.97. The van der Waals surface area contributed by atoms with Crippen molar-refractivity contribution in [1.29, 1.82) is 5.26 Å². The zero-order valence-corrected chi connectivity index (χ0v) is 15.3. The van der Waals surface area contributed by atoms with Crippen LogP contribution in [-0.2, 0) is 0 Å². The average molecular weight is 348 g/mol. The molecule has 0 saturated carbocycles. The Kier molecular flexibility index (Phi) is 5.43. The van der Waals surface area contributed by atoms with Gasteiger partial charge in [-0.2, -0.15) is 5.26 Å². The predicted octanol–water partition coefficient (Wildman–Crippen LogP) is 3.02. The van der Waals surface area contributed by atoms with Crippen molar-refractivity contribution in [3.63, 3.8) is 0 Å². The smallest absolute Gasteiger partial charge is 0.251 e. The van der Waals surface area contributed by atoms with Crippen molar-refractivity contribution in [2.75, 3.05) is 37.0 Å². The van der Waals surface area contributed by atoms with Gasteiger partial charge >= 0.3 is 0 Å². The van der Waals surface area contributed by atoms with Crippen LogP contribution in [0.1, 0.15) is 28.8 Å². The topological polar surface area (TPSA) is 59.4 Å². The fraction of sp³-hybridized carbons (Fsp3) is 0.333. The molecule has 0 spiro atoms. The lowest BCUT2D eigenvalue weighted by atomic mass is 10.0. The minimum absolute atomic E-state index is 0.0235. The molecule has 1 fully saturated rings. The second-order valence-electron chi connectivity index (χ2n) is 6.81. The van der Waals surface area contributed by atoms with E-state index in [0.717, 1.165) is 37.3 Å². The van der Waals surface area contributed by atoms with Crippen LogP contribution in [0.5, 0.6) is 0 Å². The van der Waals surface area contributed by atoms with Crippen LogP contribution in [0, 0.1) is 11.3 Å². The van der Waals surface area contributed by atoms with E-state index in [1.807, 2.05) is 67.5 Å². The molecule has 1 N–H and O–H groups in total. The van der Waals surface area contributed by atoms with Crippen LogP contribution in [0.4, 0.5) is 11.4 Å². The average Bonchev–Trinajstić information content (AvgIpc) is 2.68. The first-order valence-electron chi connectivity index (χ1n) is 8.91. The number of para-hydroxylation sites is 1. The summed E-state index contributed by atoms with van der Waals surface area (Å²) in [6, 6.07) is 17.8. The predicted molar refractivity (Wildman–Crippen MR) is 105 cm³/mol. The highest BCUT2D eigenvalue weighted by molar-refractivity contribution is 5.95. The minimum Gasteiger partial charge on any atom is -0.378 e. The van der Waals surface area contributed by atoms with E-state index in [9.17, 15) is 10.1 Å². The molecule has 1 heterocycles. The Morgan fingerprint density at radius 2 is 1.88 bits per heavy atom. The van der Waals surface area contributed by atoms with E-state index in [4.69, 9.17) is 0 Å². The molecule has 0 aliphatic carbocycles. The van der Waals surface area contributed by atoms with Gasteiger partial charge in [0.1, 0.15) is 6.07 Å². The van der Waals surface area contributed by atoms with E-state index < -0.39 is 0 Å². The number of carbonyl (C=O) groups excluding carboxylic acids is 1. The van der Waals surface area contributed by atoms with Gasteiger partial charge in [0, 0.05) is 44.5 Å². The Bertz CT molecular complexity index is 817. The van der Waals surface area contributed by atoms with Crippen LogP contribution in [0.2, 0.25) is 0 Å². The summed E-state index contributed by atoms with van der Waals surface area (Å²) in [5.41, 5.74) is 3.39. The number of hydrogen-bond acceptors (Lipinski definition) is 4. The van der Waals surface area contributed by atoms with Gasteiger partial charge in [-0.05, 0) is 43.2 Å². The van der Waals surface area contributed by atoms with Crippen molar-refractivity contribution in [2.45, 2.75) is 18.9 Å². The van der Waals surface area contributed by atoms with E-state index in [-0.39, 0.29) is 11.9 Å². The zero-order valence-electron chi connectivity index (χ0n) is 15.3. The largest absolute Gasteiger partial charge is 0.378 e. The second-order valence-corrected chi connectivity index (χ2v) is 6.81. The normalized spacial score (nSPS) is 14.6. The molecule has 2 aromatic carbocycles. The molecule has 0 unspecified atom stereocenters. The Morgan fingerprint density at radius 3 is 2.58 bits per heavy atom. The van der Waals surface area contributed by atoms with Crippen molar-refractivity contribution in [2.24, 2.45) is 0 Å². The van der Waals surface area contributed by atoms with Crippen molar-refractivity contribution in [3.05, 3.63) is 59.7 Å². The summed E-state index contributed by atoms with van der Waals surface area (Å²) in [7, 11) is 3.93. The Balaban J connectivity index is 1.60. The molecule has 1 amide bonds. The lowest BCUT2D eigenvalue weighted by molar-refractivity contribution is 0.0931. The lowest BCUT2D eigenvalue weighted by Gasteiger charge is -2.34. The molecule has 5 nitrogen and oxygen atoms in total. The standard InChI is InChI=1S/C21H24N4O/c1-24(2)19-8-5-7-16(14-19)21(26)23-18-10-12-25(13-11-18)20-9-4-3-6-17(20)15-22/h3-9,14,18H,10-13H2,1-2H3,(H,23,26). The van der Waals surface area contributed by atoms with E-state index in [0.29, 0.717) is 11.1 Å². The number of nitrogens with one attached hydrogen (secondary N) is 1. The molecule has 1 aliphatic rings. The van der Waals surface area contributed by atoms with Gasteiger partial charge in [0.05, 0.1) is 11.3 Å². The maximum atomic E-state index is 12.6. The summed E-state index contributed by atoms with van der Waals surface area (Å²) in [6.45, 7) is 1.67. The molecule has 1 aliphatic heterocycles. The van der Waals surface area contributed by atoms with E-state index >= 15 is 0 Å². The molecule has 26 heavy (non-hydrogen) atoms. The Hall–Kier alpha value is -3.00. The number of rotatable bonds is 4. The zero-order chi connectivity index (χ0) is 18.5. The fourth-order valence-electron chi connectivity index (χ4n) is 3.30. The lowest BCUT2D eigenvalue weighted by Crippen LogP contribution is -2.44.